The minimum Gasteiger partial charge on any atom is -0.298 e. The molecule has 88 valence electrons. The highest BCUT2D eigenvalue weighted by molar-refractivity contribution is 5.94. The van der Waals surface area contributed by atoms with Crippen molar-refractivity contribution in [3.63, 3.8) is 0 Å². The fraction of sp³-hybridized carbons (Fsp3) is 0. The van der Waals surface area contributed by atoms with E-state index >= 15 is 0 Å². The first kappa shape index (κ1) is 12.0. The van der Waals surface area contributed by atoms with Gasteiger partial charge in [0.1, 0.15) is 0 Å². The topological polar surface area (TPSA) is 34.1 Å². The van der Waals surface area contributed by atoms with Crippen LogP contribution in [0.15, 0.2) is 49.0 Å². The van der Waals surface area contributed by atoms with Crippen LogP contribution in [0.3, 0.4) is 0 Å². The van der Waals surface area contributed by atoms with E-state index < -0.39 is 0 Å². The number of hydrogen-bond donors (Lipinski definition) is 0. The maximum Gasteiger partial charge on any atom is 0.150 e. The maximum atomic E-state index is 11.1. The zero-order valence-corrected chi connectivity index (χ0v) is 9.80. The van der Waals surface area contributed by atoms with E-state index in [1.807, 2.05) is 24.3 Å². The van der Waals surface area contributed by atoms with Gasteiger partial charge in [0.2, 0.25) is 0 Å². The molecule has 0 saturated heterocycles. The van der Waals surface area contributed by atoms with Crippen LogP contribution in [0.1, 0.15) is 26.3 Å². The number of carbonyl (C=O) groups excluding carboxylic acids is 2. The third kappa shape index (κ3) is 2.13. The Labute approximate surface area is 106 Å². The van der Waals surface area contributed by atoms with Crippen molar-refractivity contribution in [2.75, 3.05) is 0 Å². The third-order valence-corrected chi connectivity index (χ3v) is 2.82. The van der Waals surface area contributed by atoms with Gasteiger partial charge in [-0.05, 0) is 22.8 Å². The van der Waals surface area contributed by atoms with Crippen molar-refractivity contribution >= 4 is 18.6 Å². The van der Waals surface area contributed by atoms with Crippen molar-refractivity contribution in [1.29, 1.82) is 0 Å². The lowest BCUT2D eigenvalue weighted by atomic mass is 9.94. The first-order chi connectivity index (χ1) is 8.80. The summed E-state index contributed by atoms with van der Waals surface area (Å²) in [6.07, 6.45) is 3.30. The molecule has 0 spiro atoms. The summed E-state index contributed by atoms with van der Waals surface area (Å²) >= 11 is 0. The molecule has 0 aliphatic rings. The zero-order valence-electron chi connectivity index (χ0n) is 9.80. The smallest absolute Gasteiger partial charge is 0.150 e. The van der Waals surface area contributed by atoms with E-state index in [1.165, 1.54) is 0 Å². The lowest BCUT2D eigenvalue weighted by molar-refractivity contribution is 0.111. The largest absolute Gasteiger partial charge is 0.298 e. The van der Waals surface area contributed by atoms with E-state index in [-0.39, 0.29) is 0 Å². The van der Waals surface area contributed by atoms with Gasteiger partial charge in [0.05, 0.1) is 0 Å². The lowest BCUT2D eigenvalue weighted by Crippen LogP contribution is -1.93. The van der Waals surface area contributed by atoms with Crippen molar-refractivity contribution in [3.8, 4) is 11.1 Å². The SMILES string of the molecule is C=Cc1ccc(C=O)c(-c2ccccc2C=O)c1. The Bertz CT molecular complexity index is 612. The fourth-order valence-corrected chi connectivity index (χ4v) is 1.88. The Morgan fingerprint density at radius 3 is 2.17 bits per heavy atom. The van der Waals surface area contributed by atoms with E-state index in [0.29, 0.717) is 11.1 Å². The molecule has 0 aliphatic carbocycles. The Hall–Kier alpha value is -2.48. The van der Waals surface area contributed by atoms with E-state index in [4.69, 9.17) is 0 Å². The summed E-state index contributed by atoms with van der Waals surface area (Å²) in [7, 11) is 0. The molecule has 0 aliphatic heterocycles. The second-order valence-corrected chi connectivity index (χ2v) is 3.87. The van der Waals surface area contributed by atoms with Gasteiger partial charge in [-0.15, -0.1) is 0 Å². The van der Waals surface area contributed by atoms with Crippen LogP contribution >= 0.6 is 0 Å². The fourth-order valence-electron chi connectivity index (χ4n) is 1.88. The standard InChI is InChI=1S/C16H12O2/c1-2-12-7-8-14(11-18)16(9-12)15-6-4-3-5-13(15)10-17/h2-11H,1H2. The second-order valence-electron chi connectivity index (χ2n) is 3.87. The van der Waals surface area contributed by atoms with Crippen LogP contribution in [0.25, 0.3) is 17.2 Å². The minimum absolute atomic E-state index is 0.565. The van der Waals surface area contributed by atoms with Gasteiger partial charge in [-0.1, -0.05) is 49.1 Å². The van der Waals surface area contributed by atoms with Crippen molar-refractivity contribution in [2.24, 2.45) is 0 Å². The molecule has 0 saturated carbocycles. The van der Waals surface area contributed by atoms with Crippen LogP contribution in [0.5, 0.6) is 0 Å². The average Bonchev–Trinajstić information content (AvgIpc) is 2.46. The highest BCUT2D eigenvalue weighted by Crippen LogP contribution is 2.27. The molecule has 0 unspecified atom stereocenters. The molecule has 0 aromatic heterocycles. The van der Waals surface area contributed by atoms with Crippen molar-refractivity contribution in [3.05, 3.63) is 65.7 Å². The van der Waals surface area contributed by atoms with Crippen molar-refractivity contribution in [1.82, 2.24) is 0 Å². The highest BCUT2D eigenvalue weighted by atomic mass is 16.1. The van der Waals surface area contributed by atoms with Gasteiger partial charge in [-0.2, -0.15) is 0 Å². The molecule has 0 atom stereocenters. The second kappa shape index (κ2) is 5.23. The summed E-state index contributed by atoms with van der Waals surface area (Å²) in [6, 6.07) is 12.6. The highest BCUT2D eigenvalue weighted by Gasteiger charge is 2.08. The Balaban J connectivity index is 2.71. The van der Waals surface area contributed by atoms with Gasteiger partial charge in [0.15, 0.2) is 12.6 Å². The average molecular weight is 236 g/mol. The molecule has 2 aromatic carbocycles. The predicted molar refractivity (Wildman–Crippen MR) is 72.7 cm³/mol. The number of rotatable bonds is 4. The molecule has 2 rings (SSSR count). The summed E-state index contributed by atoms with van der Waals surface area (Å²) in [6.45, 7) is 3.71. The summed E-state index contributed by atoms with van der Waals surface area (Å²) < 4.78 is 0. The van der Waals surface area contributed by atoms with Gasteiger partial charge >= 0.3 is 0 Å². The molecule has 0 radical (unpaired) electrons. The van der Waals surface area contributed by atoms with Crippen LogP contribution in [0, 0.1) is 0 Å². The van der Waals surface area contributed by atoms with E-state index in [2.05, 4.69) is 6.58 Å². The normalized spacial score (nSPS) is 9.78. The maximum absolute atomic E-state index is 11.1. The number of carbonyl (C=O) groups is 2. The Kier molecular flexibility index (Phi) is 3.49. The van der Waals surface area contributed by atoms with Crippen LogP contribution in [0.2, 0.25) is 0 Å². The van der Waals surface area contributed by atoms with Gasteiger partial charge in [0, 0.05) is 11.1 Å². The summed E-state index contributed by atoms with van der Waals surface area (Å²) in [5.41, 5.74) is 3.57. The van der Waals surface area contributed by atoms with Crippen molar-refractivity contribution < 1.29 is 9.59 Å². The summed E-state index contributed by atoms with van der Waals surface area (Å²) in [5, 5.41) is 0. The molecular formula is C16H12O2. The Morgan fingerprint density at radius 2 is 1.50 bits per heavy atom. The molecule has 2 heteroatoms. The predicted octanol–water partition coefficient (Wildman–Crippen LogP) is 3.62. The van der Waals surface area contributed by atoms with Gasteiger partial charge in [0.25, 0.3) is 0 Å². The number of benzene rings is 2. The van der Waals surface area contributed by atoms with Gasteiger partial charge < -0.3 is 0 Å². The van der Waals surface area contributed by atoms with Crippen LogP contribution in [-0.4, -0.2) is 12.6 Å². The molecule has 0 bridgehead atoms. The number of hydrogen-bond acceptors (Lipinski definition) is 2. The molecule has 2 nitrogen and oxygen atoms in total. The van der Waals surface area contributed by atoms with E-state index in [0.717, 1.165) is 29.3 Å². The molecule has 0 fully saturated rings. The van der Waals surface area contributed by atoms with Gasteiger partial charge in [-0.3, -0.25) is 9.59 Å². The lowest BCUT2D eigenvalue weighted by Gasteiger charge is -2.08. The minimum atomic E-state index is 0.565. The summed E-state index contributed by atoms with van der Waals surface area (Å²) in [5.74, 6) is 0. The molecule has 0 amide bonds. The third-order valence-electron chi connectivity index (χ3n) is 2.82. The van der Waals surface area contributed by atoms with Crippen molar-refractivity contribution in [2.45, 2.75) is 0 Å². The van der Waals surface area contributed by atoms with E-state index in [9.17, 15) is 9.59 Å². The first-order valence-electron chi connectivity index (χ1n) is 5.56. The van der Waals surface area contributed by atoms with Crippen LogP contribution < -0.4 is 0 Å². The molecular weight excluding hydrogens is 224 g/mol. The molecule has 2 aromatic rings. The van der Waals surface area contributed by atoms with Gasteiger partial charge in [-0.25, -0.2) is 0 Å². The number of aldehydes is 2. The molecule has 18 heavy (non-hydrogen) atoms. The molecule has 0 N–H and O–H groups in total. The van der Waals surface area contributed by atoms with Crippen LogP contribution in [-0.2, 0) is 0 Å². The monoisotopic (exact) mass is 236 g/mol. The quantitative estimate of drug-likeness (QED) is 0.760. The first-order valence-corrected chi connectivity index (χ1v) is 5.56. The zero-order chi connectivity index (χ0) is 13.0. The molecule has 0 heterocycles. The summed E-state index contributed by atoms with van der Waals surface area (Å²) in [4.78, 5) is 22.1. The Morgan fingerprint density at radius 1 is 0.833 bits per heavy atom. The van der Waals surface area contributed by atoms with Crippen LogP contribution in [0.4, 0.5) is 0 Å². The van der Waals surface area contributed by atoms with E-state index in [1.54, 1.807) is 24.3 Å².